The number of amides is 1. The fraction of sp³-hybridized carbons (Fsp3) is 0.364. The maximum Gasteiger partial charge on any atom is 0.254 e. The lowest BCUT2D eigenvalue weighted by Crippen LogP contribution is -2.41. The highest BCUT2D eigenvalue weighted by Crippen LogP contribution is 2.20. The number of aliphatic imine (C=N–C) groups is 1. The van der Waals surface area contributed by atoms with Gasteiger partial charge >= 0.3 is 0 Å². The Morgan fingerprint density at radius 1 is 1.07 bits per heavy atom. The Bertz CT molecular complexity index is 858. The Morgan fingerprint density at radius 2 is 1.83 bits per heavy atom. The first-order valence-corrected chi connectivity index (χ1v) is 9.73. The van der Waals surface area contributed by atoms with Crippen LogP contribution in [0.15, 0.2) is 47.5 Å². The zero-order valence-corrected chi connectivity index (χ0v) is 17.6. The van der Waals surface area contributed by atoms with Gasteiger partial charge in [-0.2, -0.15) is 0 Å². The zero-order valence-electron chi connectivity index (χ0n) is 17.6. The molecule has 0 spiro atoms. The van der Waals surface area contributed by atoms with Crippen LogP contribution < -0.4 is 20.7 Å². The Morgan fingerprint density at radius 3 is 2.57 bits per heavy atom. The van der Waals surface area contributed by atoms with Crippen LogP contribution in [0, 0.1) is 12.7 Å². The molecule has 0 unspecified atom stereocenters. The molecule has 7 nitrogen and oxygen atoms in total. The van der Waals surface area contributed by atoms with E-state index in [1.165, 1.54) is 12.1 Å². The van der Waals surface area contributed by atoms with Crippen molar-refractivity contribution in [2.45, 2.75) is 13.5 Å². The Balaban J connectivity index is 1.80. The molecule has 0 aliphatic carbocycles. The van der Waals surface area contributed by atoms with Gasteiger partial charge in [-0.25, -0.2) is 4.39 Å². The predicted molar refractivity (Wildman–Crippen MR) is 115 cm³/mol. The van der Waals surface area contributed by atoms with E-state index in [1.54, 1.807) is 26.3 Å². The minimum atomic E-state index is -0.540. The summed E-state index contributed by atoms with van der Waals surface area (Å²) in [4.78, 5) is 16.2. The number of halogens is 1. The Hall–Kier alpha value is -3.13. The lowest BCUT2D eigenvalue weighted by molar-refractivity contribution is 0.0950. The maximum absolute atomic E-state index is 13.6. The van der Waals surface area contributed by atoms with Crippen molar-refractivity contribution in [3.63, 3.8) is 0 Å². The van der Waals surface area contributed by atoms with Gasteiger partial charge in [0.25, 0.3) is 5.91 Å². The van der Waals surface area contributed by atoms with E-state index in [1.807, 2.05) is 25.1 Å². The summed E-state index contributed by atoms with van der Waals surface area (Å²) in [6, 6.07) is 11.9. The standard InChI is InChI=1S/C22H29FN4O3/c1-16-8-9-17(20(14-16)30-13-12-29-3)15-27-22(24-2)26-11-10-25-21(28)18-6-4-5-7-19(18)23/h4-9,14H,10-13,15H2,1-3H3,(H,25,28)(H2,24,26,27). The fourth-order valence-corrected chi connectivity index (χ4v) is 2.67. The maximum atomic E-state index is 13.6. The van der Waals surface area contributed by atoms with E-state index in [-0.39, 0.29) is 5.56 Å². The van der Waals surface area contributed by atoms with Gasteiger partial charge < -0.3 is 25.4 Å². The summed E-state index contributed by atoms with van der Waals surface area (Å²) in [5, 5.41) is 9.01. The van der Waals surface area contributed by atoms with Crippen LogP contribution in [-0.2, 0) is 11.3 Å². The van der Waals surface area contributed by atoms with Gasteiger partial charge in [0.1, 0.15) is 18.2 Å². The lowest BCUT2D eigenvalue weighted by atomic mass is 10.1. The molecule has 0 bridgehead atoms. The number of methoxy groups -OCH3 is 1. The van der Waals surface area contributed by atoms with Crippen molar-refractivity contribution in [3.8, 4) is 5.75 Å². The molecule has 0 atom stereocenters. The number of carbonyl (C=O) groups is 1. The van der Waals surface area contributed by atoms with Gasteiger partial charge in [0, 0.05) is 39.4 Å². The summed E-state index contributed by atoms with van der Waals surface area (Å²) < 4.78 is 24.5. The van der Waals surface area contributed by atoms with Gasteiger partial charge in [0.2, 0.25) is 0 Å². The molecule has 1 amide bonds. The molecule has 8 heteroatoms. The predicted octanol–water partition coefficient (Wildman–Crippen LogP) is 2.25. The zero-order chi connectivity index (χ0) is 21.8. The van der Waals surface area contributed by atoms with E-state index in [9.17, 15) is 9.18 Å². The Labute approximate surface area is 176 Å². The number of rotatable bonds is 10. The number of benzene rings is 2. The lowest BCUT2D eigenvalue weighted by Gasteiger charge is -2.15. The smallest absolute Gasteiger partial charge is 0.254 e. The monoisotopic (exact) mass is 416 g/mol. The topological polar surface area (TPSA) is 84.0 Å². The quantitative estimate of drug-likeness (QED) is 0.314. The molecule has 0 saturated carbocycles. The molecule has 0 radical (unpaired) electrons. The van der Waals surface area contributed by atoms with Crippen LogP contribution in [0.5, 0.6) is 5.75 Å². The van der Waals surface area contributed by atoms with Gasteiger partial charge in [-0.05, 0) is 30.7 Å². The minimum absolute atomic E-state index is 0.0281. The highest BCUT2D eigenvalue weighted by atomic mass is 19.1. The number of nitrogens with one attached hydrogen (secondary N) is 3. The van der Waals surface area contributed by atoms with E-state index in [0.717, 1.165) is 16.9 Å². The average Bonchev–Trinajstić information content (AvgIpc) is 2.74. The summed E-state index contributed by atoms with van der Waals surface area (Å²) >= 11 is 0. The highest BCUT2D eigenvalue weighted by Gasteiger charge is 2.10. The summed E-state index contributed by atoms with van der Waals surface area (Å²) in [5.41, 5.74) is 2.13. The van der Waals surface area contributed by atoms with Crippen LogP contribution in [0.3, 0.4) is 0 Å². The Kier molecular flexibility index (Phi) is 9.60. The number of hydrogen-bond donors (Lipinski definition) is 3. The van der Waals surface area contributed by atoms with Crippen LogP contribution in [0.25, 0.3) is 0 Å². The molecule has 0 aliphatic rings. The number of hydrogen-bond acceptors (Lipinski definition) is 4. The van der Waals surface area contributed by atoms with Crippen LogP contribution >= 0.6 is 0 Å². The molecule has 0 saturated heterocycles. The first-order chi connectivity index (χ1) is 14.5. The molecule has 0 fully saturated rings. The van der Waals surface area contributed by atoms with Gasteiger partial charge in [0.05, 0.1) is 12.2 Å². The van der Waals surface area contributed by atoms with Gasteiger partial charge in [-0.3, -0.25) is 9.79 Å². The molecule has 0 aliphatic heterocycles. The molecule has 162 valence electrons. The van der Waals surface area contributed by atoms with Crippen molar-refractivity contribution in [2.75, 3.05) is 40.5 Å². The molecule has 2 aromatic rings. The fourth-order valence-electron chi connectivity index (χ4n) is 2.67. The van der Waals surface area contributed by atoms with E-state index < -0.39 is 11.7 Å². The number of carbonyl (C=O) groups excluding carboxylic acids is 1. The first kappa shape index (κ1) is 23.2. The number of nitrogens with zero attached hydrogens (tertiary/aromatic N) is 1. The van der Waals surface area contributed by atoms with Gasteiger partial charge in [-0.15, -0.1) is 0 Å². The third-order valence-corrected chi connectivity index (χ3v) is 4.26. The second-order valence-electron chi connectivity index (χ2n) is 6.54. The SMILES string of the molecule is CN=C(NCCNC(=O)c1ccccc1F)NCc1ccc(C)cc1OCCOC. The van der Waals surface area contributed by atoms with Crippen molar-refractivity contribution in [3.05, 3.63) is 65.0 Å². The molecule has 0 aromatic heterocycles. The molecular formula is C22H29FN4O3. The minimum Gasteiger partial charge on any atom is -0.491 e. The number of aryl methyl sites for hydroxylation is 1. The summed E-state index contributed by atoms with van der Waals surface area (Å²) in [7, 11) is 3.30. The van der Waals surface area contributed by atoms with Crippen LogP contribution in [0.4, 0.5) is 4.39 Å². The third kappa shape index (κ3) is 7.36. The second-order valence-corrected chi connectivity index (χ2v) is 6.54. The van der Waals surface area contributed by atoms with Crippen molar-refractivity contribution in [1.29, 1.82) is 0 Å². The van der Waals surface area contributed by atoms with Gasteiger partial charge in [-0.1, -0.05) is 24.3 Å². The molecule has 2 aromatic carbocycles. The summed E-state index contributed by atoms with van der Waals surface area (Å²) in [5.74, 6) is 0.392. The van der Waals surface area contributed by atoms with E-state index >= 15 is 0 Å². The molecular weight excluding hydrogens is 387 g/mol. The van der Waals surface area contributed by atoms with Gasteiger partial charge in [0.15, 0.2) is 5.96 Å². The van der Waals surface area contributed by atoms with E-state index in [4.69, 9.17) is 9.47 Å². The molecule has 3 N–H and O–H groups in total. The summed E-state index contributed by atoms with van der Waals surface area (Å²) in [6.45, 7) is 4.28. The van der Waals surface area contributed by atoms with Crippen molar-refractivity contribution >= 4 is 11.9 Å². The van der Waals surface area contributed by atoms with Crippen LogP contribution in [0.2, 0.25) is 0 Å². The third-order valence-electron chi connectivity index (χ3n) is 4.26. The van der Waals surface area contributed by atoms with Crippen LogP contribution in [0.1, 0.15) is 21.5 Å². The normalized spacial score (nSPS) is 11.1. The van der Waals surface area contributed by atoms with E-state index in [2.05, 4.69) is 20.9 Å². The van der Waals surface area contributed by atoms with Crippen LogP contribution in [-0.4, -0.2) is 52.3 Å². The number of guanidine groups is 1. The van der Waals surface area contributed by atoms with E-state index in [0.29, 0.717) is 38.8 Å². The average molecular weight is 416 g/mol. The molecule has 2 rings (SSSR count). The molecule has 30 heavy (non-hydrogen) atoms. The second kappa shape index (κ2) is 12.4. The van der Waals surface area contributed by atoms with Crippen molar-refractivity contribution in [1.82, 2.24) is 16.0 Å². The summed E-state index contributed by atoms with van der Waals surface area (Å²) in [6.07, 6.45) is 0. The number of ether oxygens (including phenoxy) is 2. The largest absolute Gasteiger partial charge is 0.491 e. The van der Waals surface area contributed by atoms with Crippen molar-refractivity contribution < 1.29 is 18.7 Å². The van der Waals surface area contributed by atoms with Crippen molar-refractivity contribution in [2.24, 2.45) is 4.99 Å². The first-order valence-electron chi connectivity index (χ1n) is 9.73. The highest BCUT2D eigenvalue weighted by molar-refractivity contribution is 5.94. The molecule has 0 heterocycles.